The fourth-order valence-electron chi connectivity index (χ4n) is 4.53. The van der Waals surface area contributed by atoms with E-state index in [0.717, 1.165) is 31.7 Å². The van der Waals surface area contributed by atoms with Crippen LogP contribution in [0.2, 0.25) is 0 Å². The van der Waals surface area contributed by atoms with Crippen molar-refractivity contribution in [2.24, 2.45) is 0 Å². The van der Waals surface area contributed by atoms with Gasteiger partial charge in [0.05, 0.1) is 35.8 Å². The van der Waals surface area contributed by atoms with E-state index in [-0.39, 0.29) is 48.3 Å². The van der Waals surface area contributed by atoms with Crippen molar-refractivity contribution in [1.29, 1.82) is 0 Å². The number of hydrogen-bond acceptors (Lipinski definition) is 5. The number of likely N-dealkylation sites (N-methyl/N-ethyl adjacent to an activating group) is 1. The summed E-state index contributed by atoms with van der Waals surface area (Å²) in [6.45, 7) is -0.402. The summed E-state index contributed by atoms with van der Waals surface area (Å²) in [6, 6.07) is 4.32. The van der Waals surface area contributed by atoms with Gasteiger partial charge in [-0.15, -0.1) is 0 Å². The molecule has 1 saturated heterocycles. The van der Waals surface area contributed by atoms with Gasteiger partial charge in [0.25, 0.3) is 0 Å². The Morgan fingerprint density at radius 2 is 1.72 bits per heavy atom. The quantitative estimate of drug-likeness (QED) is 0.655. The molecule has 0 bridgehead atoms. The average molecular weight is 476 g/mol. The van der Waals surface area contributed by atoms with Crippen LogP contribution in [0, 0.1) is 0 Å². The van der Waals surface area contributed by atoms with Crippen molar-refractivity contribution in [3.63, 3.8) is 0 Å². The number of para-hydroxylation sites is 1. The summed E-state index contributed by atoms with van der Waals surface area (Å²) in [5.41, 5.74) is -1.28. The summed E-state index contributed by atoms with van der Waals surface area (Å²) in [5, 5.41) is 2.27. The van der Waals surface area contributed by atoms with E-state index in [2.05, 4.69) is 5.32 Å². The minimum Gasteiger partial charge on any atom is -0.335 e. The fraction of sp³-hybridized carbons (Fsp3) is 0.619. The minimum atomic E-state index is -4.60. The van der Waals surface area contributed by atoms with E-state index in [4.69, 9.17) is 0 Å². The lowest BCUT2D eigenvalue weighted by Gasteiger charge is -2.35. The third-order valence-electron chi connectivity index (χ3n) is 5.93. The van der Waals surface area contributed by atoms with Crippen LogP contribution in [0.5, 0.6) is 0 Å². The topological polar surface area (TPSA) is 86.8 Å². The number of anilines is 1. The lowest BCUT2D eigenvalue weighted by molar-refractivity contribution is -0.137. The SMILES string of the molecule is CN(CC(=O)Nc1ccccc1C(F)(F)F)CC(=O)N(C1CCCC1)C1CCS(=O)(=O)C1. The van der Waals surface area contributed by atoms with Crippen LogP contribution in [0.15, 0.2) is 24.3 Å². The number of carbonyl (C=O) groups is 2. The smallest absolute Gasteiger partial charge is 0.335 e. The number of hydrogen-bond donors (Lipinski definition) is 1. The largest absolute Gasteiger partial charge is 0.418 e. The highest BCUT2D eigenvalue weighted by molar-refractivity contribution is 7.91. The van der Waals surface area contributed by atoms with Crippen LogP contribution < -0.4 is 5.32 Å². The van der Waals surface area contributed by atoms with Crippen molar-refractivity contribution in [2.45, 2.75) is 50.4 Å². The van der Waals surface area contributed by atoms with Gasteiger partial charge in [0.1, 0.15) is 0 Å². The van der Waals surface area contributed by atoms with E-state index in [1.165, 1.54) is 30.1 Å². The van der Waals surface area contributed by atoms with Gasteiger partial charge in [-0.05, 0) is 38.4 Å². The number of nitrogens with zero attached hydrogens (tertiary/aromatic N) is 2. The maximum atomic E-state index is 13.1. The number of carbonyl (C=O) groups excluding carboxylic acids is 2. The Hall–Kier alpha value is -2.14. The predicted molar refractivity (Wildman–Crippen MR) is 114 cm³/mol. The summed E-state index contributed by atoms with van der Waals surface area (Å²) in [4.78, 5) is 28.5. The second-order valence-electron chi connectivity index (χ2n) is 8.56. The molecule has 7 nitrogen and oxygen atoms in total. The number of rotatable bonds is 7. The van der Waals surface area contributed by atoms with E-state index in [1.807, 2.05) is 0 Å². The molecule has 32 heavy (non-hydrogen) atoms. The predicted octanol–water partition coefficient (Wildman–Crippen LogP) is 2.53. The van der Waals surface area contributed by atoms with Gasteiger partial charge in [-0.1, -0.05) is 25.0 Å². The normalized spacial score (nSPS) is 21.1. The average Bonchev–Trinajstić information content (AvgIpc) is 3.31. The maximum Gasteiger partial charge on any atom is 0.418 e. The van der Waals surface area contributed by atoms with Crippen LogP contribution in [0.25, 0.3) is 0 Å². The van der Waals surface area contributed by atoms with Gasteiger partial charge in [-0.2, -0.15) is 13.2 Å². The fourth-order valence-corrected chi connectivity index (χ4v) is 6.24. The molecule has 3 rings (SSSR count). The number of nitrogens with one attached hydrogen (secondary N) is 1. The second-order valence-corrected chi connectivity index (χ2v) is 10.8. The van der Waals surface area contributed by atoms with Crippen molar-refractivity contribution in [2.75, 3.05) is 37.0 Å². The van der Waals surface area contributed by atoms with Crippen LogP contribution in [0.3, 0.4) is 0 Å². The summed E-state index contributed by atoms with van der Waals surface area (Å²) in [5.74, 6) is -0.920. The van der Waals surface area contributed by atoms with Crippen molar-refractivity contribution in [3.05, 3.63) is 29.8 Å². The third-order valence-corrected chi connectivity index (χ3v) is 7.68. The molecule has 0 aromatic heterocycles. The van der Waals surface area contributed by atoms with E-state index < -0.39 is 27.5 Å². The first-order valence-electron chi connectivity index (χ1n) is 10.6. The molecule has 1 aromatic carbocycles. The van der Waals surface area contributed by atoms with Crippen molar-refractivity contribution in [3.8, 4) is 0 Å². The summed E-state index contributed by atoms with van der Waals surface area (Å²) < 4.78 is 63.2. The number of amides is 2. The number of sulfone groups is 1. The molecule has 1 aliphatic heterocycles. The molecule has 1 aromatic rings. The van der Waals surface area contributed by atoms with Gasteiger partial charge in [-0.3, -0.25) is 14.5 Å². The zero-order valence-electron chi connectivity index (χ0n) is 17.9. The Morgan fingerprint density at radius 3 is 2.31 bits per heavy atom. The standard InChI is InChI=1S/C21H28F3N3O4S/c1-26(12-19(28)25-18-9-5-4-8-17(18)21(22,23)24)13-20(29)27(15-6-2-3-7-15)16-10-11-32(30,31)14-16/h4-5,8-9,15-16H,2-3,6-7,10-14H2,1H3,(H,25,28). The zero-order valence-corrected chi connectivity index (χ0v) is 18.7. The maximum absolute atomic E-state index is 13.1. The molecular formula is C21H28F3N3O4S. The van der Waals surface area contributed by atoms with Gasteiger partial charge in [0.15, 0.2) is 9.84 Å². The van der Waals surface area contributed by atoms with E-state index in [9.17, 15) is 31.2 Å². The number of benzene rings is 1. The minimum absolute atomic E-state index is 0.0123. The lowest BCUT2D eigenvalue weighted by atomic mass is 10.1. The lowest BCUT2D eigenvalue weighted by Crippen LogP contribution is -2.50. The molecule has 2 fully saturated rings. The Morgan fingerprint density at radius 1 is 1.06 bits per heavy atom. The highest BCUT2D eigenvalue weighted by Crippen LogP contribution is 2.34. The summed E-state index contributed by atoms with van der Waals surface area (Å²) in [6.07, 6.45) is -0.602. The third kappa shape index (κ3) is 6.22. The Bertz CT molecular complexity index is 946. The number of alkyl halides is 3. The molecule has 1 heterocycles. The van der Waals surface area contributed by atoms with Gasteiger partial charge < -0.3 is 10.2 Å². The van der Waals surface area contributed by atoms with Crippen molar-refractivity contribution < 1.29 is 31.2 Å². The first-order chi connectivity index (χ1) is 15.0. The van der Waals surface area contributed by atoms with Crippen LogP contribution in [-0.2, 0) is 25.6 Å². The molecule has 11 heteroatoms. The molecule has 178 valence electrons. The number of halogens is 3. The van der Waals surface area contributed by atoms with Gasteiger partial charge >= 0.3 is 6.18 Å². The summed E-state index contributed by atoms with van der Waals surface area (Å²) >= 11 is 0. The van der Waals surface area contributed by atoms with Crippen molar-refractivity contribution >= 4 is 27.3 Å². The molecule has 1 N–H and O–H groups in total. The van der Waals surface area contributed by atoms with Crippen LogP contribution in [-0.4, -0.2) is 73.8 Å². The second kappa shape index (κ2) is 9.78. The first kappa shape index (κ1) is 24.5. The van der Waals surface area contributed by atoms with E-state index in [0.29, 0.717) is 6.42 Å². The molecule has 0 radical (unpaired) electrons. The molecule has 1 unspecified atom stereocenters. The monoisotopic (exact) mass is 475 g/mol. The molecule has 1 saturated carbocycles. The highest BCUT2D eigenvalue weighted by Gasteiger charge is 2.39. The van der Waals surface area contributed by atoms with Gasteiger partial charge in [-0.25, -0.2) is 8.42 Å². The van der Waals surface area contributed by atoms with E-state index in [1.54, 1.807) is 4.90 Å². The Balaban J connectivity index is 1.62. The van der Waals surface area contributed by atoms with Gasteiger partial charge in [0.2, 0.25) is 11.8 Å². The molecule has 2 aliphatic rings. The molecule has 2 amide bonds. The van der Waals surface area contributed by atoms with Crippen LogP contribution in [0.4, 0.5) is 18.9 Å². The van der Waals surface area contributed by atoms with Crippen LogP contribution in [0.1, 0.15) is 37.7 Å². The molecular weight excluding hydrogens is 447 g/mol. The van der Waals surface area contributed by atoms with Crippen molar-refractivity contribution in [1.82, 2.24) is 9.80 Å². The van der Waals surface area contributed by atoms with E-state index >= 15 is 0 Å². The van der Waals surface area contributed by atoms with Crippen LogP contribution >= 0.6 is 0 Å². The zero-order chi connectivity index (χ0) is 23.5. The Kier molecular flexibility index (Phi) is 7.49. The first-order valence-corrected chi connectivity index (χ1v) is 12.4. The highest BCUT2D eigenvalue weighted by atomic mass is 32.2. The molecule has 1 aliphatic carbocycles. The van der Waals surface area contributed by atoms with Gasteiger partial charge in [0, 0.05) is 12.1 Å². The Labute approximate surface area is 185 Å². The summed E-state index contributed by atoms with van der Waals surface area (Å²) in [7, 11) is -1.63. The molecule has 0 spiro atoms. The molecule has 1 atom stereocenters.